The van der Waals surface area contributed by atoms with Gasteiger partial charge in [0, 0.05) is 30.5 Å². The monoisotopic (exact) mass is 656 g/mol. The van der Waals surface area contributed by atoms with Crippen molar-refractivity contribution in [1.82, 2.24) is 19.6 Å². The van der Waals surface area contributed by atoms with Crippen LogP contribution in [0.3, 0.4) is 0 Å². The number of aromatic nitrogens is 2. The third-order valence-corrected chi connectivity index (χ3v) is 9.36. The van der Waals surface area contributed by atoms with E-state index >= 15 is 0 Å². The maximum absolute atomic E-state index is 13.0. The number of carbonyl (C=O) groups excluding carboxylic acids is 2. The molecule has 2 aliphatic rings. The van der Waals surface area contributed by atoms with Gasteiger partial charge in [-0.3, -0.25) is 4.79 Å². The normalized spacial score (nSPS) is 15.6. The summed E-state index contributed by atoms with van der Waals surface area (Å²) in [6.07, 6.45) is 3.03. The van der Waals surface area contributed by atoms with Gasteiger partial charge in [-0.05, 0) is 102 Å². The van der Waals surface area contributed by atoms with E-state index in [4.69, 9.17) is 26.1 Å². The van der Waals surface area contributed by atoms with Gasteiger partial charge in [0.2, 0.25) is 16.0 Å². The Labute approximate surface area is 267 Å². The molecule has 1 saturated carbocycles. The predicted molar refractivity (Wildman–Crippen MR) is 171 cm³/mol. The fourth-order valence-electron chi connectivity index (χ4n) is 5.11. The molecular formula is C31H37ClN6O6S. The Morgan fingerprint density at radius 3 is 2.42 bits per heavy atom. The van der Waals surface area contributed by atoms with Crippen LogP contribution in [0.15, 0.2) is 47.5 Å². The van der Waals surface area contributed by atoms with E-state index in [1.54, 1.807) is 30.2 Å². The van der Waals surface area contributed by atoms with E-state index in [1.165, 1.54) is 19.2 Å². The van der Waals surface area contributed by atoms with Crippen molar-refractivity contribution in [2.24, 2.45) is 0 Å². The van der Waals surface area contributed by atoms with Gasteiger partial charge >= 0.3 is 12.1 Å². The van der Waals surface area contributed by atoms with E-state index in [2.05, 4.69) is 20.3 Å². The third kappa shape index (κ3) is 7.15. The van der Waals surface area contributed by atoms with Gasteiger partial charge in [-0.2, -0.15) is 4.98 Å². The molecular weight excluding hydrogens is 620 g/mol. The number of esters is 1. The molecule has 1 aliphatic heterocycles. The minimum absolute atomic E-state index is 0.121. The van der Waals surface area contributed by atoms with Crippen molar-refractivity contribution in [2.75, 3.05) is 30.8 Å². The summed E-state index contributed by atoms with van der Waals surface area (Å²) in [6, 6.07) is 9.92. The minimum atomic E-state index is -3.58. The molecule has 3 aromatic rings. The molecule has 45 heavy (non-hydrogen) atoms. The van der Waals surface area contributed by atoms with Gasteiger partial charge in [0.15, 0.2) is 0 Å². The SMILES string of the molecule is CCOC(=O)C1(c2cnc(Nc3ccc(S(=O)(=O)NC)cc3)nc2Nc2cc3c(cc2Cl)CN(C(=O)OC(C)(C)C)CC3)CC1. The summed E-state index contributed by atoms with van der Waals surface area (Å²) in [5.74, 6) is 0.283. The molecule has 240 valence electrons. The smallest absolute Gasteiger partial charge is 0.410 e. The summed E-state index contributed by atoms with van der Waals surface area (Å²) >= 11 is 6.77. The molecule has 0 atom stereocenters. The van der Waals surface area contributed by atoms with Crippen LogP contribution in [0.5, 0.6) is 0 Å². The summed E-state index contributed by atoms with van der Waals surface area (Å²) < 4.78 is 37.4. The van der Waals surface area contributed by atoms with Crippen molar-refractivity contribution in [1.29, 1.82) is 0 Å². The standard InChI is InChI=1S/C31H37ClN6O6S/c1-6-43-27(39)31(12-13-31)23-17-34-28(35-21-7-9-22(10-8-21)45(41,42)33-5)37-26(23)36-25-16-19-11-14-38(18-20(19)15-24(25)32)29(40)44-30(2,3)4/h7-10,15-17,33H,6,11-14,18H2,1-5H3,(H2,34,35,36,37). The number of hydrogen-bond donors (Lipinski definition) is 3. The van der Waals surface area contributed by atoms with E-state index in [9.17, 15) is 18.0 Å². The quantitative estimate of drug-likeness (QED) is 0.255. The molecule has 5 rings (SSSR count). The van der Waals surface area contributed by atoms with Gasteiger partial charge in [-0.1, -0.05) is 11.6 Å². The Balaban J connectivity index is 1.44. The summed E-state index contributed by atoms with van der Waals surface area (Å²) in [5, 5.41) is 6.86. The summed E-state index contributed by atoms with van der Waals surface area (Å²) in [6.45, 7) is 8.39. The van der Waals surface area contributed by atoms with Crippen LogP contribution in [0.4, 0.5) is 27.9 Å². The topological polar surface area (TPSA) is 152 Å². The number of amides is 1. The highest BCUT2D eigenvalue weighted by Gasteiger charge is 2.54. The summed E-state index contributed by atoms with van der Waals surface area (Å²) in [4.78, 5) is 36.7. The second kappa shape index (κ2) is 12.5. The van der Waals surface area contributed by atoms with Crippen molar-refractivity contribution in [3.8, 4) is 0 Å². The van der Waals surface area contributed by atoms with Gasteiger partial charge in [-0.15, -0.1) is 0 Å². The van der Waals surface area contributed by atoms with Crippen molar-refractivity contribution in [3.05, 3.63) is 64.3 Å². The van der Waals surface area contributed by atoms with Gasteiger partial charge in [0.05, 0.1) is 27.6 Å². The van der Waals surface area contributed by atoms with Gasteiger partial charge < -0.3 is 25.0 Å². The van der Waals surface area contributed by atoms with Crippen LogP contribution in [0, 0.1) is 0 Å². The molecule has 2 heterocycles. The maximum atomic E-state index is 13.0. The molecule has 0 radical (unpaired) electrons. The number of nitrogens with one attached hydrogen (secondary N) is 3. The Hall–Kier alpha value is -3.94. The van der Waals surface area contributed by atoms with Gasteiger partial charge in [0.1, 0.15) is 11.4 Å². The van der Waals surface area contributed by atoms with Gasteiger partial charge in [0.25, 0.3) is 0 Å². The van der Waals surface area contributed by atoms with Crippen molar-refractivity contribution in [2.45, 2.75) is 69.4 Å². The molecule has 14 heteroatoms. The van der Waals surface area contributed by atoms with E-state index < -0.39 is 21.0 Å². The number of hydrogen-bond acceptors (Lipinski definition) is 10. The summed E-state index contributed by atoms with van der Waals surface area (Å²) in [5.41, 5.74) is 2.23. The van der Waals surface area contributed by atoms with E-state index in [0.717, 1.165) is 11.1 Å². The zero-order valence-electron chi connectivity index (χ0n) is 25.9. The van der Waals surface area contributed by atoms with Crippen LogP contribution in [0.25, 0.3) is 0 Å². The number of rotatable bonds is 9. The zero-order chi connectivity index (χ0) is 32.6. The highest BCUT2D eigenvalue weighted by molar-refractivity contribution is 7.89. The van der Waals surface area contributed by atoms with Crippen LogP contribution in [0.1, 0.15) is 57.2 Å². The number of nitrogens with zero attached hydrogens (tertiary/aromatic N) is 3. The molecule has 0 unspecified atom stereocenters. The number of benzene rings is 2. The largest absolute Gasteiger partial charge is 0.465 e. The fourth-order valence-corrected chi connectivity index (χ4v) is 6.08. The molecule has 0 bridgehead atoms. The Bertz CT molecular complexity index is 1720. The second-order valence-corrected chi connectivity index (χ2v) is 14.3. The first-order valence-electron chi connectivity index (χ1n) is 14.7. The highest BCUT2D eigenvalue weighted by atomic mass is 35.5. The van der Waals surface area contributed by atoms with E-state index in [-0.39, 0.29) is 29.5 Å². The summed E-state index contributed by atoms with van der Waals surface area (Å²) in [7, 11) is -2.23. The van der Waals surface area contributed by atoms with Crippen LogP contribution in [-0.2, 0) is 42.7 Å². The molecule has 12 nitrogen and oxygen atoms in total. The first kappa shape index (κ1) is 32.5. The molecule has 3 N–H and O–H groups in total. The number of sulfonamides is 1. The first-order chi connectivity index (χ1) is 21.2. The Morgan fingerprint density at radius 1 is 1.09 bits per heavy atom. The average Bonchev–Trinajstić information content (AvgIpc) is 3.79. The predicted octanol–water partition coefficient (Wildman–Crippen LogP) is 5.41. The number of halogens is 1. The number of ether oxygens (including phenoxy) is 2. The van der Waals surface area contributed by atoms with Crippen LogP contribution < -0.4 is 15.4 Å². The lowest BCUT2D eigenvalue weighted by molar-refractivity contribution is -0.146. The third-order valence-electron chi connectivity index (χ3n) is 7.62. The lowest BCUT2D eigenvalue weighted by Crippen LogP contribution is -2.39. The second-order valence-electron chi connectivity index (χ2n) is 12.0. The maximum Gasteiger partial charge on any atom is 0.410 e. The number of fused-ring (bicyclic) bond motifs is 1. The van der Waals surface area contributed by atoms with Crippen molar-refractivity contribution in [3.63, 3.8) is 0 Å². The fraction of sp³-hybridized carbons (Fsp3) is 0.419. The molecule has 0 saturated heterocycles. The molecule has 1 aromatic heterocycles. The van der Waals surface area contributed by atoms with Crippen LogP contribution in [-0.4, -0.2) is 61.1 Å². The minimum Gasteiger partial charge on any atom is -0.465 e. The lowest BCUT2D eigenvalue weighted by atomic mass is 9.97. The Morgan fingerprint density at radius 2 is 1.80 bits per heavy atom. The van der Waals surface area contributed by atoms with E-state index in [0.29, 0.717) is 60.1 Å². The number of anilines is 4. The molecule has 1 aliphatic carbocycles. The van der Waals surface area contributed by atoms with Gasteiger partial charge in [-0.25, -0.2) is 22.9 Å². The Kier molecular flexibility index (Phi) is 8.98. The van der Waals surface area contributed by atoms with Crippen molar-refractivity contribution < 1.29 is 27.5 Å². The van der Waals surface area contributed by atoms with E-state index in [1.807, 2.05) is 32.9 Å². The molecule has 1 fully saturated rings. The first-order valence-corrected chi connectivity index (χ1v) is 16.5. The average molecular weight is 657 g/mol. The lowest BCUT2D eigenvalue weighted by Gasteiger charge is -2.31. The zero-order valence-corrected chi connectivity index (χ0v) is 27.4. The number of carbonyl (C=O) groups is 2. The molecule has 0 spiro atoms. The van der Waals surface area contributed by atoms with Crippen molar-refractivity contribution >= 4 is 56.8 Å². The van der Waals surface area contributed by atoms with Crippen LogP contribution in [0.2, 0.25) is 5.02 Å². The van der Waals surface area contributed by atoms with Crippen LogP contribution >= 0.6 is 11.6 Å². The molecule has 1 amide bonds. The highest BCUT2D eigenvalue weighted by Crippen LogP contribution is 2.52. The molecule has 2 aromatic carbocycles.